The standard InChI is InChI=1S/C23H18O4/c1-16(24)20-13-12-19(14-21(20)17-8-4-2-5-9-17)23(26)27-15-22(25)18-10-6-3-7-11-18/h2-14H,15H2,1H3. The lowest BCUT2D eigenvalue weighted by atomic mass is 9.95. The van der Waals surface area contributed by atoms with Gasteiger partial charge in [0.1, 0.15) is 0 Å². The molecule has 0 radical (unpaired) electrons. The van der Waals surface area contributed by atoms with Crippen LogP contribution in [0.15, 0.2) is 78.9 Å². The van der Waals surface area contributed by atoms with E-state index in [2.05, 4.69) is 0 Å². The normalized spacial score (nSPS) is 10.3. The van der Waals surface area contributed by atoms with Crippen molar-refractivity contribution >= 4 is 17.5 Å². The van der Waals surface area contributed by atoms with Crippen LogP contribution in [0.3, 0.4) is 0 Å². The summed E-state index contributed by atoms with van der Waals surface area (Å²) in [7, 11) is 0. The van der Waals surface area contributed by atoms with Gasteiger partial charge in [0.15, 0.2) is 18.2 Å². The van der Waals surface area contributed by atoms with Crippen LogP contribution in [0.2, 0.25) is 0 Å². The number of carbonyl (C=O) groups is 3. The van der Waals surface area contributed by atoms with Gasteiger partial charge in [-0.3, -0.25) is 9.59 Å². The first-order valence-electron chi connectivity index (χ1n) is 8.52. The molecule has 0 N–H and O–H groups in total. The minimum absolute atomic E-state index is 0.0898. The van der Waals surface area contributed by atoms with Crippen molar-refractivity contribution in [1.29, 1.82) is 0 Å². The van der Waals surface area contributed by atoms with Crippen molar-refractivity contribution in [3.05, 3.63) is 95.6 Å². The smallest absolute Gasteiger partial charge is 0.338 e. The summed E-state index contributed by atoms with van der Waals surface area (Å²) in [6.07, 6.45) is 0. The van der Waals surface area contributed by atoms with E-state index in [-0.39, 0.29) is 18.2 Å². The molecule has 3 aromatic carbocycles. The van der Waals surface area contributed by atoms with E-state index >= 15 is 0 Å². The molecule has 0 aliphatic rings. The first-order valence-corrected chi connectivity index (χ1v) is 8.52. The molecular formula is C23H18O4. The number of rotatable bonds is 6. The van der Waals surface area contributed by atoms with Crippen LogP contribution in [0.25, 0.3) is 11.1 Å². The van der Waals surface area contributed by atoms with Gasteiger partial charge >= 0.3 is 5.97 Å². The number of benzene rings is 3. The minimum Gasteiger partial charge on any atom is -0.454 e. The summed E-state index contributed by atoms with van der Waals surface area (Å²) in [6, 6.07) is 22.8. The SMILES string of the molecule is CC(=O)c1ccc(C(=O)OCC(=O)c2ccccc2)cc1-c1ccccc1. The molecule has 0 saturated carbocycles. The summed E-state index contributed by atoms with van der Waals surface area (Å²) in [5, 5.41) is 0. The van der Waals surface area contributed by atoms with Gasteiger partial charge < -0.3 is 4.74 Å². The molecule has 3 aromatic rings. The summed E-state index contributed by atoms with van der Waals surface area (Å²) in [4.78, 5) is 36.4. The molecule has 0 fully saturated rings. The van der Waals surface area contributed by atoms with Gasteiger partial charge in [-0.2, -0.15) is 0 Å². The van der Waals surface area contributed by atoms with E-state index in [1.54, 1.807) is 42.5 Å². The number of ketones is 2. The van der Waals surface area contributed by atoms with Crippen molar-refractivity contribution in [3.63, 3.8) is 0 Å². The van der Waals surface area contributed by atoms with Crippen molar-refractivity contribution in [2.24, 2.45) is 0 Å². The number of Topliss-reactive ketones (excluding diaryl/α,β-unsaturated/α-hetero) is 2. The summed E-state index contributed by atoms with van der Waals surface area (Å²) in [6.45, 7) is 1.15. The zero-order chi connectivity index (χ0) is 19.2. The van der Waals surface area contributed by atoms with Crippen LogP contribution in [-0.4, -0.2) is 24.1 Å². The molecule has 0 heterocycles. The quantitative estimate of drug-likeness (QED) is 0.477. The second-order valence-electron chi connectivity index (χ2n) is 6.05. The molecule has 0 unspecified atom stereocenters. The maximum Gasteiger partial charge on any atom is 0.338 e. The molecule has 0 bridgehead atoms. The Balaban J connectivity index is 1.81. The molecule has 4 heteroatoms. The van der Waals surface area contributed by atoms with E-state index < -0.39 is 5.97 Å². The lowest BCUT2D eigenvalue weighted by Crippen LogP contribution is -2.14. The molecule has 134 valence electrons. The van der Waals surface area contributed by atoms with Crippen molar-refractivity contribution in [1.82, 2.24) is 0 Å². The third-order valence-electron chi connectivity index (χ3n) is 4.15. The van der Waals surface area contributed by atoms with Crippen LogP contribution in [0.4, 0.5) is 0 Å². The second-order valence-corrected chi connectivity index (χ2v) is 6.05. The Morgan fingerprint density at radius 3 is 2.04 bits per heavy atom. The lowest BCUT2D eigenvalue weighted by molar-refractivity contribution is 0.0474. The van der Waals surface area contributed by atoms with Crippen LogP contribution >= 0.6 is 0 Å². The third-order valence-corrected chi connectivity index (χ3v) is 4.15. The molecule has 0 amide bonds. The van der Waals surface area contributed by atoms with E-state index in [4.69, 9.17) is 4.74 Å². The first-order chi connectivity index (χ1) is 13.1. The molecule has 0 saturated heterocycles. The van der Waals surface area contributed by atoms with Crippen molar-refractivity contribution in [2.45, 2.75) is 6.92 Å². The average Bonchev–Trinajstić information content (AvgIpc) is 2.72. The van der Waals surface area contributed by atoms with E-state index in [9.17, 15) is 14.4 Å². The number of hydrogen-bond donors (Lipinski definition) is 0. The maximum absolute atomic E-state index is 12.4. The van der Waals surface area contributed by atoms with E-state index in [1.165, 1.54) is 6.92 Å². The topological polar surface area (TPSA) is 60.4 Å². The zero-order valence-electron chi connectivity index (χ0n) is 14.8. The van der Waals surface area contributed by atoms with Crippen LogP contribution in [0, 0.1) is 0 Å². The Kier molecular flexibility index (Phi) is 5.57. The van der Waals surface area contributed by atoms with Gasteiger partial charge in [0.05, 0.1) is 5.56 Å². The van der Waals surface area contributed by atoms with E-state index in [1.807, 2.05) is 36.4 Å². The number of ether oxygens (including phenoxy) is 1. The highest BCUT2D eigenvalue weighted by atomic mass is 16.5. The van der Waals surface area contributed by atoms with Gasteiger partial charge in [0, 0.05) is 11.1 Å². The van der Waals surface area contributed by atoms with Crippen LogP contribution in [-0.2, 0) is 4.74 Å². The summed E-state index contributed by atoms with van der Waals surface area (Å²) >= 11 is 0. The molecule has 0 aromatic heterocycles. The van der Waals surface area contributed by atoms with Crippen LogP contribution in [0.5, 0.6) is 0 Å². The second kappa shape index (κ2) is 8.23. The molecule has 0 spiro atoms. The van der Waals surface area contributed by atoms with Gasteiger partial charge in [-0.15, -0.1) is 0 Å². The van der Waals surface area contributed by atoms with Crippen LogP contribution in [0.1, 0.15) is 38.0 Å². The summed E-state index contributed by atoms with van der Waals surface area (Å²) < 4.78 is 5.16. The Morgan fingerprint density at radius 2 is 1.41 bits per heavy atom. The molecule has 3 rings (SSSR count). The van der Waals surface area contributed by atoms with Gasteiger partial charge in [-0.05, 0) is 36.2 Å². The number of esters is 1. The third kappa shape index (κ3) is 4.36. The van der Waals surface area contributed by atoms with Crippen molar-refractivity contribution < 1.29 is 19.1 Å². The summed E-state index contributed by atoms with van der Waals surface area (Å²) in [5.74, 6) is -0.966. The van der Waals surface area contributed by atoms with Gasteiger partial charge in [-0.25, -0.2) is 4.79 Å². The predicted molar refractivity (Wildman–Crippen MR) is 103 cm³/mol. The Morgan fingerprint density at radius 1 is 0.778 bits per heavy atom. The molecule has 4 nitrogen and oxygen atoms in total. The number of hydrogen-bond acceptors (Lipinski definition) is 4. The monoisotopic (exact) mass is 358 g/mol. The van der Waals surface area contributed by atoms with Crippen molar-refractivity contribution in [3.8, 4) is 11.1 Å². The molecular weight excluding hydrogens is 340 g/mol. The molecule has 0 aliphatic carbocycles. The van der Waals surface area contributed by atoms with Gasteiger partial charge in [-0.1, -0.05) is 60.7 Å². The zero-order valence-corrected chi connectivity index (χ0v) is 14.8. The molecule has 0 atom stereocenters. The largest absolute Gasteiger partial charge is 0.454 e. The molecule has 0 aliphatic heterocycles. The van der Waals surface area contributed by atoms with E-state index in [0.717, 1.165) is 5.56 Å². The minimum atomic E-state index is -0.605. The number of carbonyl (C=O) groups excluding carboxylic acids is 3. The highest BCUT2D eigenvalue weighted by Gasteiger charge is 2.16. The van der Waals surface area contributed by atoms with E-state index in [0.29, 0.717) is 22.3 Å². The average molecular weight is 358 g/mol. The first kappa shape index (κ1) is 18.3. The fourth-order valence-electron chi connectivity index (χ4n) is 2.76. The highest BCUT2D eigenvalue weighted by molar-refractivity contribution is 6.03. The fourth-order valence-corrected chi connectivity index (χ4v) is 2.76. The van der Waals surface area contributed by atoms with Crippen molar-refractivity contribution in [2.75, 3.05) is 6.61 Å². The predicted octanol–water partition coefficient (Wildman–Crippen LogP) is 4.60. The van der Waals surface area contributed by atoms with Gasteiger partial charge in [0.25, 0.3) is 0 Å². The van der Waals surface area contributed by atoms with Crippen LogP contribution < -0.4 is 0 Å². The lowest BCUT2D eigenvalue weighted by Gasteiger charge is -2.10. The van der Waals surface area contributed by atoms with Gasteiger partial charge in [0.2, 0.25) is 0 Å². The fraction of sp³-hybridized carbons (Fsp3) is 0.0870. The highest BCUT2D eigenvalue weighted by Crippen LogP contribution is 2.26. The Labute approximate surface area is 157 Å². The Hall–Kier alpha value is -3.53. The Bertz CT molecular complexity index is 976. The maximum atomic E-state index is 12.4. The molecule has 27 heavy (non-hydrogen) atoms. The summed E-state index contributed by atoms with van der Waals surface area (Å²) in [5.41, 5.74) is 2.80.